The fraction of sp³-hybridized carbons (Fsp3) is 0. The minimum Gasteiger partial charge on any atom is -0.218 e. The van der Waals surface area contributed by atoms with Crippen molar-refractivity contribution in [1.29, 1.82) is 0 Å². The van der Waals surface area contributed by atoms with Gasteiger partial charge in [-0.3, -0.25) is 0 Å². The average Bonchev–Trinajstić information content (AvgIpc) is 2.59. The predicted molar refractivity (Wildman–Crippen MR) is 36.3 cm³/mol. The third-order valence-corrected chi connectivity index (χ3v) is 1.16. The predicted octanol–water partition coefficient (Wildman–Crippen LogP) is 0.176. The molecular formula is C6H5N4. The fourth-order valence-electron chi connectivity index (χ4n) is 0.739. The zero-order valence-electron chi connectivity index (χ0n) is 5.18. The molecule has 2 heterocycles. The zero-order valence-corrected chi connectivity index (χ0v) is 5.18. The number of aromatic nitrogens is 2. The van der Waals surface area contributed by atoms with E-state index >= 15 is 0 Å². The molecule has 1 radical (unpaired) electrons. The lowest BCUT2D eigenvalue weighted by Gasteiger charge is -1.95. The first-order valence-electron chi connectivity index (χ1n) is 2.90. The van der Waals surface area contributed by atoms with Gasteiger partial charge < -0.3 is 0 Å². The minimum atomic E-state index is 0.616. The van der Waals surface area contributed by atoms with E-state index in [4.69, 9.17) is 0 Å². The summed E-state index contributed by atoms with van der Waals surface area (Å²) in [7, 11) is 0. The lowest BCUT2D eigenvalue weighted by molar-refractivity contribution is 0.899. The Morgan fingerprint density at radius 3 is 2.90 bits per heavy atom. The second-order valence-electron chi connectivity index (χ2n) is 1.81. The van der Waals surface area contributed by atoms with Gasteiger partial charge in [-0.2, -0.15) is 5.10 Å². The SMILES string of the molecule is C1=CN=C(n2cccn2)[N]1. The molecule has 2 rings (SSSR count). The van der Waals surface area contributed by atoms with Gasteiger partial charge in [-0.25, -0.2) is 15.0 Å². The molecule has 0 fully saturated rings. The van der Waals surface area contributed by atoms with E-state index in [0.717, 1.165) is 0 Å². The normalized spacial score (nSPS) is 15.0. The smallest absolute Gasteiger partial charge is 0.218 e. The molecule has 4 nitrogen and oxygen atoms in total. The molecular weight excluding hydrogens is 128 g/mol. The van der Waals surface area contributed by atoms with E-state index in [1.165, 1.54) is 0 Å². The van der Waals surface area contributed by atoms with Crippen molar-refractivity contribution in [2.24, 2.45) is 4.99 Å². The van der Waals surface area contributed by atoms with Gasteiger partial charge in [0.05, 0.1) is 0 Å². The van der Waals surface area contributed by atoms with Crippen molar-refractivity contribution in [3.8, 4) is 0 Å². The van der Waals surface area contributed by atoms with E-state index in [9.17, 15) is 0 Å². The Bertz CT molecular complexity index is 270. The monoisotopic (exact) mass is 133 g/mol. The maximum atomic E-state index is 3.95. The maximum Gasteiger partial charge on any atom is 0.250 e. The molecule has 0 saturated heterocycles. The highest BCUT2D eigenvalue weighted by atomic mass is 15.4. The van der Waals surface area contributed by atoms with Gasteiger partial charge >= 0.3 is 0 Å². The highest BCUT2D eigenvalue weighted by Gasteiger charge is 2.03. The summed E-state index contributed by atoms with van der Waals surface area (Å²) < 4.78 is 1.61. The average molecular weight is 133 g/mol. The third-order valence-electron chi connectivity index (χ3n) is 1.16. The molecule has 1 aliphatic heterocycles. The van der Waals surface area contributed by atoms with Gasteiger partial charge in [-0.1, -0.05) is 0 Å². The van der Waals surface area contributed by atoms with E-state index in [1.807, 2.05) is 6.07 Å². The van der Waals surface area contributed by atoms with Crippen LogP contribution in [-0.2, 0) is 0 Å². The minimum absolute atomic E-state index is 0.616. The van der Waals surface area contributed by atoms with Crippen molar-refractivity contribution in [2.75, 3.05) is 0 Å². The van der Waals surface area contributed by atoms with Gasteiger partial charge in [0.25, 0.3) is 5.96 Å². The highest BCUT2D eigenvalue weighted by molar-refractivity contribution is 5.83. The van der Waals surface area contributed by atoms with Crippen LogP contribution in [0.3, 0.4) is 0 Å². The van der Waals surface area contributed by atoms with E-state index in [0.29, 0.717) is 5.96 Å². The summed E-state index contributed by atoms with van der Waals surface area (Å²) in [5.41, 5.74) is 0. The summed E-state index contributed by atoms with van der Waals surface area (Å²) >= 11 is 0. The summed E-state index contributed by atoms with van der Waals surface area (Å²) in [6, 6.07) is 1.83. The fourth-order valence-corrected chi connectivity index (χ4v) is 0.739. The van der Waals surface area contributed by atoms with Crippen LogP contribution in [-0.4, -0.2) is 15.7 Å². The molecule has 0 aliphatic carbocycles. The van der Waals surface area contributed by atoms with Crippen LogP contribution in [0.2, 0.25) is 0 Å². The molecule has 0 bridgehead atoms. The second-order valence-corrected chi connectivity index (χ2v) is 1.81. The molecule has 0 saturated carbocycles. The van der Waals surface area contributed by atoms with Crippen LogP contribution in [0.1, 0.15) is 0 Å². The van der Waals surface area contributed by atoms with Gasteiger partial charge in [0.2, 0.25) is 0 Å². The van der Waals surface area contributed by atoms with Crippen molar-refractivity contribution in [3.63, 3.8) is 0 Å². The van der Waals surface area contributed by atoms with Crippen molar-refractivity contribution in [2.45, 2.75) is 0 Å². The van der Waals surface area contributed by atoms with E-state index in [1.54, 1.807) is 29.5 Å². The van der Waals surface area contributed by atoms with Gasteiger partial charge in [-0.15, -0.1) is 0 Å². The quantitative estimate of drug-likeness (QED) is 0.497. The molecule has 0 aromatic carbocycles. The summed E-state index contributed by atoms with van der Waals surface area (Å²) in [6.07, 6.45) is 6.76. The van der Waals surface area contributed by atoms with Crippen LogP contribution in [0.15, 0.2) is 35.9 Å². The van der Waals surface area contributed by atoms with E-state index < -0.39 is 0 Å². The van der Waals surface area contributed by atoms with Gasteiger partial charge in [0, 0.05) is 24.8 Å². The molecule has 0 N–H and O–H groups in total. The molecule has 49 valence electrons. The molecule has 0 unspecified atom stereocenters. The van der Waals surface area contributed by atoms with Crippen LogP contribution in [0.25, 0.3) is 0 Å². The Balaban J connectivity index is 2.30. The molecule has 1 aromatic heterocycles. The number of hydrogen-bond acceptors (Lipinski definition) is 2. The van der Waals surface area contributed by atoms with E-state index in [2.05, 4.69) is 15.4 Å². The van der Waals surface area contributed by atoms with Crippen LogP contribution >= 0.6 is 0 Å². The Morgan fingerprint density at radius 2 is 2.30 bits per heavy atom. The summed E-state index contributed by atoms with van der Waals surface area (Å²) in [6.45, 7) is 0. The molecule has 0 amide bonds. The molecule has 0 spiro atoms. The molecule has 1 aromatic rings. The van der Waals surface area contributed by atoms with Gasteiger partial charge in [-0.05, 0) is 6.07 Å². The van der Waals surface area contributed by atoms with Crippen LogP contribution in [0, 0.1) is 0 Å². The first-order chi connectivity index (χ1) is 4.97. The van der Waals surface area contributed by atoms with Gasteiger partial charge in [0.15, 0.2) is 0 Å². The first-order valence-corrected chi connectivity index (χ1v) is 2.90. The summed E-state index contributed by atoms with van der Waals surface area (Å²) in [5, 5.41) is 7.90. The summed E-state index contributed by atoms with van der Waals surface area (Å²) in [4.78, 5) is 3.95. The zero-order chi connectivity index (χ0) is 6.81. The van der Waals surface area contributed by atoms with Crippen LogP contribution < -0.4 is 5.32 Å². The Labute approximate surface area is 57.9 Å². The topological polar surface area (TPSA) is 44.3 Å². The highest BCUT2D eigenvalue weighted by Crippen LogP contribution is 1.92. The van der Waals surface area contributed by atoms with Crippen molar-refractivity contribution in [1.82, 2.24) is 15.1 Å². The van der Waals surface area contributed by atoms with Crippen molar-refractivity contribution in [3.05, 3.63) is 30.9 Å². The lowest BCUT2D eigenvalue weighted by atomic mass is 10.7. The maximum absolute atomic E-state index is 3.95. The molecule has 0 atom stereocenters. The van der Waals surface area contributed by atoms with Crippen LogP contribution in [0.4, 0.5) is 0 Å². The second kappa shape index (κ2) is 1.98. The number of rotatable bonds is 0. The van der Waals surface area contributed by atoms with Gasteiger partial charge in [0.1, 0.15) is 0 Å². The Morgan fingerprint density at radius 1 is 1.30 bits per heavy atom. The Kier molecular flexibility index (Phi) is 1.04. The van der Waals surface area contributed by atoms with Crippen molar-refractivity contribution < 1.29 is 0 Å². The Hall–Kier alpha value is -1.58. The number of nitrogens with zero attached hydrogens (tertiary/aromatic N) is 4. The molecule has 1 aliphatic rings. The molecule has 10 heavy (non-hydrogen) atoms. The van der Waals surface area contributed by atoms with Crippen LogP contribution in [0.5, 0.6) is 0 Å². The number of aliphatic imine (C=N–C) groups is 1. The largest absolute Gasteiger partial charge is 0.250 e. The third kappa shape index (κ3) is 0.699. The summed E-state index contributed by atoms with van der Waals surface area (Å²) in [5.74, 6) is 0.616. The first kappa shape index (κ1) is 5.22. The van der Waals surface area contributed by atoms with E-state index in [-0.39, 0.29) is 0 Å². The standard InChI is InChI=1S/C6H5N4/c1-2-9-10(5-1)6-7-3-4-8-6/h1-5H. The van der Waals surface area contributed by atoms with Crippen molar-refractivity contribution >= 4 is 5.96 Å². The number of hydrogen-bond donors (Lipinski definition) is 0. The molecule has 4 heteroatoms. The lowest BCUT2D eigenvalue weighted by Crippen LogP contribution is -2.17.